The molecule has 0 aliphatic carbocycles. The summed E-state index contributed by atoms with van der Waals surface area (Å²) in [6.45, 7) is 2.79. The predicted octanol–water partition coefficient (Wildman–Crippen LogP) is 1.89. The molecule has 0 saturated carbocycles. The largest absolute Gasteiger partial charge is 0.493 e. The minimum atomic E-state index is -0.368. The smallest absolute Gasteiger partial charge is 0.231 e. The van der Waals surface area contributed by atoms with Gasteiger partial charge in [0.1, 0.15) is 5.01 Å². The fourth-order valence-electron chi connectivity index (χ4n) is 3.02. The molecular weight excluding hydrogens is 368 g/mol. The van der Waals surface area contributed by atoms with Gasteiger partial charge in [-0.3, -0.25) is 9.59 Å². The zero-order valence-electron chi connectivity index (χ0n) is 15.5. The zero-order valence-corrected chi connectivity index (χ0v) is 16.3. The second kappa shape index (κ2) is 8.34. The van der Waals surface area contributed by atoms with E-state index in [-0.39, 0.29) is 24.2 Å². The quantitative estimate of drug-likeness (QED) is 0.776. The molecule has 27 heavy (non-hydrogen) atoms. The Morgan fingerprint density at radius 3 is 2.74 bits per heavy atom. The Kier molecular flexibility index (Phi) is 5.90. The van der Waals surface area contributed by atoms with Gasteiger partial charge in [-0.05, 0) is 31.0 Å². The van der Waals surface area contributed by atoms with E-state index in [0.29, 0.717) is 36.1 Å². The van der Waals surface area contributed by atoms with Crippen molar-refractivity contribution < 1.29 is 19.1 Å². The number of hydrogen-bond donors (Lipinski definition) is 1. The molecule has 1 saturated heterocycles. The lowest BCUT2D eigenvalue weighted by Gasteiger charge is -2.17. The monoisotopic (exact) mass is 390 g/mol. The standard InChI is InChI=1S/C18H22N4O4S/c1-11-20-21-18(27-11)19-17(24)13-9-16(23)22(10-13)7-6-12-4-5-14(25-2)15(8-12)26-3/h4-5,8,13H,6-7,9-10H2,1-3H3,(H,19,21,24)/t13-/m0/s1. The van der Waals surface area contributed by atoms with Crippen LogP contribution in [-0.4, -0.2) is 54.2 Å². The summed E-state index contributed by atoms with van der Waals surface area (Å²) in [5.41, 5.74) is 1.04. The second-order valence-electron chi connectivity index (χ2n) is 6.30. The fourth-order valence-corrected chi connectivity index (χ4v) is 3.61. The molecule has 1 atom stereocenters. The van der Waals surface area contributed by atoms with E-state index in [0.717, 1.165) is 10.6 Å². The number of nitrogens with zero attached hydrogens (tertiary/aromatic N) is 3. The minimum Gasteiger partial charge on any atom is -0.493 e. The van der Waals surface area contributed by atoms with Gasteiger partial charge in [-0.15, -0.1) is 10.2 Å². The van der Waals surface area contributed by atoms with E-state index in [1.165, 1.54) is 11.3 Å². The fraction of sp³-hybridized carbons (Fsp3) is 0.444. The van der Waals surface area contributed by atoms with Gasteiger partial charge in [-0.2, -0.15) is 0 Å². The molecule has 0 bridgehead atoms. The lowest BCUT2D eigenvalue weighted by molar-refractivity contribution is -0.128. The highest BCUT2D eigenvalue weighted by Gasteiger charge is 2.34. The topological polar surface area (TPSA) is 93.6 Å². The van der Waals surface area contributed by atoms with Gasteiger partial charge in [0.15, 0.2) is 11.5 Å². The summed E-state index contributed by atoms with van der Waals surface area (Å²) in [4.78, 5) is 26.4. The van der Waals surface area contributed by atoms with Gasteiger partial charge in [0.2, 0.25) is 16.9 Å². The Hall–Kier alpha value is -2.68. The predicted molar refractivity (Wildman–Crippen MR) is 101 cm³/mol. The number of benzene rings is 1. The number of ether oxygens (including phenoxy) is 2. The van der Waals surface area contributed by atoms with Gasteiger partial charge in [0.05, 0.1) is 20.1 Å². The molecule has 144 valence electrons. The van der Waals surface area contributed by atoms with E-state index >= 15 is 0 Å². The first-order valence-corrected chi connectivity index (χ1v) is 9.41. The lowest BCUT2D eigenvalue weighted by Crippen LogP contribution is -2.30. The van der Waals surface area contributed by atoms with Gasteiger partial charge >= 0.3 is 0 Å². The van der Waals surface area contributed by atoms with Crippen LogP contribution in [-0.2, 0) is 16.0 Å². The average molecular weight is 390 g/mol. The third-order valence-electron chi connectivity index (χ3n) is 4.46. The van der Waals surface area contributed by atoms with Gasteiger partial charge < -0.3 is 19.7 Å². The maximum absolute atomic E-state index is 12.4. The van der Waals surface area contributed by atoms with Crippen LogP contribution in [0.3, 0.4) is 0 Å². The summed E-state index contributed by atoms with van der Waals surface area (Å²) in [5.74, 6) is 0.763. The molecular formula is C18H22N4O4S. The van der Waals surface area contributed by atoms with Gasteiger partial charge in [-0.25, -0.2) is 0 Å². The highest BCUT2D eigenvalue weighted by atomic mass is 32.1. The maximum atomic E-state index is 12.4. The van der Waals surface area contributed by atoms with Crippen LogP contribution in [0, 0.1) is 12.8 Å². The first kappa shape index (κ1) is 19.1. The van der Waals surface area contributed by atoms with Crippen LogP contribution in [0.15, 0.2) is 18.2 Å². The van der Waals surface area contributed by atoms with Crippen molar-refractivity contribution in [2.24, 2.45) is 5.92 Å². The molecule has 2 aromatic rings. The van der Waals surface area contributed by atoms with Crippen LogP contribution >= 0.6 is 11.3 Å². The molecule has 0 unspecified atom stereocenters. The van der Waals surface area contributed by atoms with E-state index in [1.807, 2.05) is 25.1 Å². The van der Waals surface area contributed by atoms with Crippen molar-refractivity contribution in [1.29, 1.82) is 0 Å². The third-order valence-corrected chi connectivity index (χ3v) is 5.21. The molecule has 0 spiro atoms. The molecule has 1 N–H and O–H groups in total. The summed E-state index contributed by atoms with van der Waals surface area (Å²) in [7, 11) is 3.18. The molecule has 1 aliphatic heterocycles. The molecule has 1 aromatic carbocycles. The Labute approximate surface area is 161 Å². The van der Waals surface area contributed by atoms with Crippen LogP contribution < -0.4 is 14.8 Å². The number of methoxy groups -OCH3 is 2. The molecule has 9 heteroatoms. The molecule has 1 aromatic heterocycles. The summed E-state index contributed by atoms with van der Waals surface area (Å²) >= 11 is 1.32. The number of carbonyl (C=O) groups is 2. The molecule has 8 nitrogen and oxygen atoms in total. The average Bonchev–Trinajstić information content (AvgIpc) is 3.24. The number of rotatable bonds is 7. The van der Waals surface area contributed by atoms with E-state index in [1.54, 1.807) is 19.1 Å². The number of amides is 2. The van der Waals surface area contributed by atoms with Crippen molar-refractivity contribution in [2.75, 3.05) is 32.6 Å². The lowest BCUT2D eigenvalue weighted by atomic mass is 10.1. The van der Waals surface area contributed by atoms with Crippen molar-refractivity contribution in [3.05, 3.63) is 28.8 Å². The SMILES string of the molecule is COc1ccc(CCN2C[C@@H](C(=O)Nc3nnc(C)s3)CC2=O)cc1OC. The minimum absolute atomic E-state index is 0.0101. The molecule has 0 radical (unpaired) electrons. The van der Waals surface area contributed by atoms with E-state index in [4.69, 9.17) is 9.47 Å². The van der Waals surface area contributed by atoms with Gasteiger partial charge in [0, 0.05) is 19.5 Å². The maximum Gasteiger partial charge on any atom is 0.231 e. The number of aromatic nitrogens is 2. The van der Waals surface area contributed by atoms with Gasteiger partial charge in [0.25, 0.3) is 0 Å². The number of aryl methyl sites for hydroxylation is 1. The van der Waals surface area contributed by atoms with E-state index in [9.17, 15) is 9.59 Å². The van der Waals surface area contributed by atoms with Crippen LogP contribution in [0.2, 0.25) is 0 Å². The van der Waals surface area contributed by atoms with Crippen molar-refractivity contribution >= 4 is 28.3 Å². The number of likely N-dealkylation sites (tertiary alicyclic amines) is 1. The highest BCUT2D eigenvalue weighted by molar-refractivity contribution is 7.15. The second-order valence-corrected chi connectivity index (χ2v) is 7.48. The highest BCUT2D eigenvalue weighted by Crippen LogP contribution is 2.28. The van der Waals surface area contributed by atoms with Crippen molar-refractivity contribution in [3.63, 3.8) is 0 Å². The van der Waals surface area contributed by atoms with Crippen molar-refractivity contribution in [1.82, 2.24) is 15.1 Å². The number of carbonyl (C=O) groups excluding carboxylic acids is 2. The zero-order chi connectivity index (χ0) is 19.4. The summed E-state index contributed by atoms with van der Waals surface area (Å²) in [5, 5.41) is 11.8. The Balaban J connectivity index is 1.55. The summed E-state index contributed by atoms with van der Waals surface area (Å²) < 4.78 is 10.5. The van der Waals surface area contributed by atoms with Crippen LogP contribution in [0.25, 0.3) is 0 Å². The Bertz CT molecular complexity index is 839. The van der Waals surface area contributed by atoms with Gasteiger partial charge in [-0.1, -0.05) is 17.4 Å². The normalized spacial score (nSPS) is 16.5. The number of hydrogen-bond acceptors (Lipinski definition) is 7. The molecule has 2 amide bonds. The summed E-state index contributed by atoms with van der Waals surface area (Å²) in [6.07, 6.45) is 0.894. The first-order valence-electron chi connectivity index (χ1n) is 8.59. The van der Waals surface area contributed by atoms with Crippen molar-refractivity contribution in [3.8, 4) is 11.5 Å². The first-order chi connectivity index (χ1) is 13.0. The summed E-state index contributed by atoms with van der Waals surface area (Å²) in [6, 6.07) is 5.70. The Morgan fingerprint density at radius 1 is 1.30 bits per heavy atom. The molecule has 2 heterocycles. The van der Waals surface area contributed by atoms with Crippen molar-refractivity contribution in [2.45, 2.75) is 19.8 Å². The molecule has 3 rings (SSSR count). The van der Waals surface area contributed by atoms with E-state index in [2.05, 4.69) is 15.5 Å². The van der Waals surface area contributed by atoms with E-state index < -0.39 is 0 Å². The third kappa shape index (κ3) is 4.54. The van der Waals surface area contributed by atoms with Crippen LogP contribution in [0.5, 0.6) is 11.5 Å². The van der Waals surface area contributed by atoms with Crippen LogP contribution in [0.1, 0.15) is 17.0 Å². The van der Waals surface area contributed by atoms with Crippen LogP contribution in [0.4, 0.5) is 5.13 Å². The number of anilines is 1. The Morgan fingerprint density at radius 2 is 2.07 bits per heavy atom. The molecule has 1 aliphatic rings. The molecule has 1 fully saturated rings. The number of nitrogens with one attached hydrogen (secondary N) is 1.